The zero-order valence-corrected chi connectivity index (χ0v) is 19.8. The van der Waals surface area contributed by atoms with Gasteiger partial charge in [-0.2, -0.15) is 0 Å². The number of hydrogen-bond acceptors (Lipinski definition) is 7. The Morgan fingerprint density at radius 1 is 1.09 bits per heavy atom. The highest BCUT2D eigenvalue weighted by molar-refractivity contribution is 5.91. The Kier molecular flexibility index (Phi) is 5.60. The number of rotatable bonds is 6. The quantitative estimate of drug-likeness (QED) is 0.432. The number of ether oxygens (including phenoxy) is 1. The molecule has 9 heteroatoms. The second-order valence-corrected chi connectivity index (χ2v) is 9.31. The Labute approximate surface area is 203 Å². The largest absolute Gasteiger partial charge is 0.488 e. The minimum Gasteiger partial charge on any atom is -0.488 e. The van der Waals surface area contributed by atoms with Gasteiger partial charge in [-0.3, -0.25) is 4.79 Å². The van der Waals surface area contributed by atoms with Crippen molar-refractivity contribution in [3.63, 3.8) is 0 Å². The fourth-order valence-electron chi connectivity index (χ4n) is 5.41. The van der Waals surface area contributed by atoms with Crippen LogP contribution in [0.15, 0.2) is 49.1 Å². The van der Waals surface area contributed by atoms with E-state index in [0.717, 1.165) is 85.5 Å². The van der Waals surface area contributed by atoms with Crippen molar-refractivity contribution in [3.05, 3.63) is 49.1 Å². The van der Waals surface area contributed by atoms with Crippen molar-refractivity contribution in [2.24, 2.45) is 0 Å². The summed E-state index contributed by atoms with van der Waals surface area (Å²) >= 11 is 0. The van der Waals surface area contributed by atoms with Crippen LogP contribution in [0.5, 0.6) is 5.75 Å². The number of fused-ring (bicyclic) bond motifs is 2. The van der Waals surface area contributed by atoms with Crippen molar-refractivity contribution in [2.45, 2.75) is 31.9 Å². The molecule has 0 aliphatic carbocycles. The van der Waals surface area contributed by atoms with Gasteiger partial charge in [-0.1, -0.05) is 18.2 Å². The summed E-state index contributed by atoms with van der Waals surface area (Å²) in [5.41, 5.74) is 2.72. The summed E-state index contributed by atoms with van der Waals surface area (Å²) in [7, 11) is 0. The van der Waals surface area contributed by atoms with E-state index in [2.05, 4.69) is 73.1 Å². The monoisotopic (exact) mass is 471 g/mol. The Balaban J connectivity index is 1.26. The molecule has 35 heavy (non-hydrogen) atoms. The molecule has 4 aromatic rings. The first-order valence-electron chi connectivity index (χ1n) is 12.3. The highest BCUT2D eigenvalue weighted by atomic mass is 16.5. The molecule has 6 rings (SSSR count). The van der Waals surface area contributed by atoms with E-state index in [9.17, 15) is 4.79 Å². The van der Waals surface area contributed by atoms with Crippen LogP contribution in [0.2, 0.25) is 0 Å². The molecule has 2 aliphatic heterocycles. The molecule has 180 valence electrons. The number of nitrogens with one attached hydrogen (secondary N) is 1. The Hall–Kier alpha value is -3.88. The van der Waals surface area contributed by atoms with Crippen LogP contribution in [0.4, 0.5) is 11.5 Å². The van der Waals surface area contributed by atoms with Gasteiger partial charge in [0.1, 0.15) is 23.7 Å². The normalized spacial score (nSPS) is 19.5. The number of amides is 1. The molecule has 4 heterocycles. The number of aromatic nitrogens is 4. The molecule has 2 aliphatic rings. The third-order valence-corrected chi connectivity index (χ3v) is 7.28. The molecule has 0 spiro atoms. The van der Waals surface area contributed by atoms with E-state index in [1.54, 1.807) is 12.7 Å². The minimum absolute atomic E-state index is 0.0316. The van der Waals surface area contributed by atoms with Gasteiger partial charge in [-0.25, -0.2) is 15.0 Å². The number of carbonyl (C=O) groups is 1. The molecule has 2 fully saturated rings. The molecule has 1 N–H and O–H groups in total. The third kappa shape index (κ3) is 4.00. The maximum atomic E-state index is 11.1. The van der Waals surface area contributed by atoms with E-state index in [1.165, 1.54) is 0 Å². The van der Waals surface area contributed by atoms with Crippen LogP contribution in [0.1, 0.15) is 19.8 Å². The number of benzene rings is 2. The van der Waals surface area contributed by atoms with Gasteiger partial charge in [0.2, 0.25) is 6.41 Å². The topological polar surface area (TPSA) is 90.5 Å². The number of carbonyl (C=O) groups excluding carboxylic acids is 1. The molecule has 0 bridgehead atoms. The van der Waals surface area contributed by atoms with E-state index in [4.69, 9.17) is 4.74 Å². The van der Waals surface area contributed by atoms with Crippen molar-refractivity contribution in [2.75, 3.05) is 42.5 Å². The molecule has 1 amide bonds. The summed E-state index contributed by atoms with van der Waals surface area (Å²) in [5.74, 6) is 1.78. The predicted molar refractivity (Wildman–Crippen MR) is 136 cm³/mol. The van der Waals surface area contributed by atoms with Gasteiger partial charge in [-0.05, 0) is 43.4 Å². The van der Waals surface area contributed by atoms with Gasteiger partial charge in [-0.15, -0.1) is 0 Å². The van der Waals surface area contributed by atoms with E-state index < -0.39 is 0 Å². The molecule has 1 unspecified atom stereocenters. The first-order valence-corrected chi connectivity index (χ1v) is 12.3. The summed E-state index contributed by atoms with van der Waals surface area (Å²) in [6, 6.07) is 13.0. The number of anilines is 2. The fraction of sp³-hybridized carbons (Fsp3) is 0.385. The van der Waals surface area contributed by atoms with Gasteiger partial charge in [0.05, 0.1) is 12.4 Å². The summed E-state index contributed by atoms with van der Waals surface area (Å²) in [6.07, 6.45) is 6.29. The number of piperazine rings is 1. The average Bonchev–Trinajstić information content (AvgIpc) is 3.59. The van der Waals surface area contributed by atoms with Gasteiger partial charge in [0, 0.05) is 43.8 Å². The maximum absolute atomic E-state index is 11.1. The van der Waals surface area contributed by atoms with Crippen LogP contribution < -0.4 is 14.5 Å². The second kappa shape index (κ2) is 9.05. The maximum Gasteiger partial charge on any atom is 0.209 e. The highest BCUT2D eigenvalue weighted by Crippen LogP contribution is 2.34. The summed E-state index contributed by atoms with van der Waals surface area (Å²) in [4.78, 5) is 33.9. The summed E-state index contributed by atoms with van der Waals surface area (Å²) < 4.78 is 6.65. The standard InChI is InChI=1S/C26H29N7O2/c1-18(22-5-3-9-33(22)26-24-25(28-15-27-24)29-16-30-26)35-23-6-2-4-19-7-8-20(14-21(19)23)32-12-10-31(17-34)11-13-32/h2,4,6-8,14-18,22H,3,5,9-13H2,1H3,(H,27,28,29,30)/t18-,22?/m1/s1. The van der Waals surface area contributed by atoms with Crippen molar-refractivity contribution >= 4 is 39.9 Å². The van der Waals surface area contributed by atoms with Crippen molar-refractivity contribution in [1.29, 1.82) is 0 Å². The van der Waals surface area contributed by atoms with E-state index in [-0.39, 0.29) is 12.1 Å². The van der Waals surface area contributed by atoms with Gasteiger partial charge >= 0.3 is 0 Å². The van der Waals surface area contributed by atoms with Crippen molar-refractivity contribution < 1.29 is 9.53 Å². The molecular weight excluding hydrogens is 442 g/mol. The molecular formula is C26H29N7O2. The average molecular weight is 472 g/mol. The number of H-pyrrole nitrogens is 1. The second-order valence-electron chi connectivity index (χ2n) is 9.31. The molecule has 2 aromatic heterocycles. The molecule has 2 atom stereocenters. The lowest BCUT2D eigenvalue weighted by Crippen LogP contribution is -2.45. The van der Waals surface area contributed by atoms with Crippen LogP contribution >= 0.6 is 0 Å². The molecule has 0 radical (unpaired) electrons. The molecule has 2 saturated heterocycles. The fourth-order valence-corrected chi connectivity index (χ4v) is 5.41. The molecule has 2 aromatic carbocycles. The van der Waals surface area contributed by atoms with E-state index in [0.29, 0.717) is 5.65 Å². The number of nitrogens with zero attached hydrogens (tertiary/aromatic N) is 6. The van der Waals surface area contributed by atoms with Crippen LogP contribution in [-0.2, 0) is 4.79 Å². The van der Waals surface area contributed by atoms with Crippen LogP contribution in [0.3, 0.4) is 0 Å². The summed E-state index contributed by atoms with van der Waals surface area (Å²) in [5, 5.41) is 2.26. The Morgan fingerprint density at radius 3 is 2.83 bits per heavy atom. The van der Waals surface area contributed by atoms with E-state index in [1.807, 2.05) is 4.90 Å². The zero-order chi connectivity index (χ0) is 23.8. The minimum atomic E-state index is -0.0316. The highest BCUT2D eigenvalue weighted by Gasteiger charge is 2.33. The predicted octanol–water partition coefficient (Wildman–Crippen LogP) is 3.22. The lowest BCUT2D eigenvalue weighted by Gasteiger charge is -2.34. The Morgan fingerprint density at radius 2 is 1.97 bits per heavy atom. The van der Waals surface area contributed by atoms with Crippen LogP contribution in [-0.4, -0.2) is 76.1 Å². The first-order chi connectivity index (χ1) is 17.2. The van der Waals surface area contributed by atoms with Crippen molar-refractivity contribution in [1.82, 2.24) is 24.8 Å². The summed E-state index contributed by atoms with van der Waals surface area (Å²) in [6.45, 7) is 6.25. The smallest absolute Gasteiger partial charge is 0.209 e. The SMILES string of the molecule is C[C@@H](Oc1cccc2ccc(N3CCN(C=O)CC3)cc12)C1CCCN1c1ncnc2nc[nH]c12. The van der Waals surface area contributed by atoms with E-state index >= 15 is 0 Å². The van der Waals surface area contributed by atoms with Gasteiger partial charge in [0.15, 0.2) is 11.5 Å². The number of hydrogen-bond donors (Lipinski definition) is 1. The van der Waals surface area contributed by atoms with Gasteiger partial charge < -0.3 is 24.4 Å². The molecule has 9 nitrogen and oxygen atoms in total. The first kappa shape index (κ1) is 21.6. The molecule has 0 saturated carbocycles. The number of aromatic amines is 1. The lowest BCUT2D eigenvalue weighted by atomic mass is 10.1. The van der Waals surface area contributed by atoms with Gasteiger partial charge in [0.25, 0.3) is 0 Å². The van der Waals surface area contributed by atoms with Crippen LogP contribution in [0, 0.1) is 0 Å². The van der Waals surface area contributed by atoms with Crippen LogP contribution in [0.25, 0.3) is 21.9 Å². The number of imidazole rings is 1. The lowest BCUT2D eigenvalue weighted by molar-refractivity contribution is -0.118. The zero-order valence-electron chi connectivity index (χ0n) is 19.8. The Bertz CT molecular complexity index is 1350. The van der Waals surface area contributed by atoms with Crippen molar-refractivity contribution in [3.8, 4) is 5.75 Å². The third-order valence-electron chi connectivity index (χ3n) is 7.28.